The van der Waals surface area contributed by atoms with E-state index in [1.807, 2.05) is 54.6 Å². The number of aromatic nitrogens is 3. The number of rotatable bonds is 4. The summed E-state index contributed by atoms with van der Waals surface area (Å²) in [5, 5.41) is 3.23. The third kappa shape index (κ3) is 3.62. The molecule has 4 heteroatoms. The molecular formula is C36H23N3O. The van der Waals surface area contributed by atoms with Crippen LogP contribution in [0.3, 0.4) is 0 Å². The molecule has 0 unspecified atom stereocenters. The van der Waals surface area contributed by atoms with Crippen molar-refractivity contribution in [3.63, 3.8) is 0 Å². The van der Waals surface area contributed by atoms with Gasteiger partial charge >= 0.3 is 0 Å². The molecule has 0 amide bonds. The van der Waals surface area contributed by atoms with E-state index in [0.29, 0.717) is 5.95 Å². The van der Waals surface area contributed by atoms with Crippen LogP contribution < -0.4 is 0 Å². The van der Waals surface area contributed by atoms with E-state index in [1.54, 1.807) is 0 Å². The van der Waals surface area contributed by atoms with E-state index in [1.165, 1.54) is 0 Å². The van der Waals surface area contributed by atoms with Crippen LogP contribution in [0, 0.1) is 0 Å². The lowest BCUT2D eigenvalue weighted by Gasteiger charge is -2.11. The molecule has 3 aromatic heterocycles. The third-order valence-electron chi connectivity index (χ3n) is 7.43. The van der Waals surface area contributed by atoms with Crippen molar-refractivity contribution >= 4 is 32.8 Å². The highest BCUT2D eigenvalue weighted by molar-refractivity contribution is 6.19. The van der Waals surface area contributed by atoms with Crippen molar-refractivity contribution in [2.75, 3.05) is 0 Å². The van der Waals surface area contributed by atoms with Gasteiger partial charge in [0.05, 0.1) is 27.8 Å². The van der Waals surface area contributed by atoms with E-state index < -0.39 is 0 Å². The quantitative estimate of drug-likeness (QED) is 0.235. The summed E-state index contributed by atoms with van der Waals surface area (Å²) in [6.45, 7) is 0. The molecule has 0 N–H and O–H groups in total. The predicted molar refractivity (Wildman–Crippen MR) is 162 cm³/mol. The van der Waals surface area contributed by atoms with Gasteiger partial charge in [-0.05, 0) is 30.3 Å². The molecule has 0 radical (unpaired) electrons. The summed E-state index contributed by atoms with van der Waals surface area (Å²) >= 11 is 0. The lowest BCUT2D eigenvalue weighted by molar-refractivity contribution is 0.635. The molecule has 0 fully saturated rings. The maximum atomic E-state index is 6.56. The minimum atomic E-state index is 0.626. The SMILES string of the molecule is c1ccc(-c2cc(-c3ccccc3)nc(-n3c4ccccc4c4c5oc(-c6ccccc6)cc5ccc43)n2)cc1. The van der Waals surface area contributed by atoms with Gasteiger partial charge in [-0.2, -0.15) is 0 Å². The molecule has 0 aliphatic carbocycles. The lowest BCUT2D eigenvalue weighted by atomic mass is 10.1. The fourth-order valence-corrected chi connectivity index (χ4v) is 5.56. The van der Waals surface area contributed by atoms with E-state index in [9.17, 15) is 0 Å². The molecule has 8 rings (SSSR count). The van der Waals surface area contributed by atoms with Crippen LogP contribution in [0.2, 0.25) is 0 Å². The van der Waals surface area contributed by atoms with E-state index >= 15 is 0 Å². The maximum absolute atomic E-state index is 6.56. The summed E-state index contributed by atoms with van der Waals surface area (Å²) in [5.74, 6) is 1.48. The third-order valence-corrected chi connectivity index (χ3v) is 7.43. The normalized spacial score (nSPS) is 11.5. The van der Waals surface area contributed by atoms with Gasteiger partial charge in [-0.1, -0.05) is 109 Å². The molecule has 8 aromatic rings. The smallest absolute Gasteiger partial charge is 0.235 e. The fraction of sp³-hybridized carbons (Fsp3) is 0. The van der Waals surface area contributed by atoms with Crippen LogP contribution >= 0.6 is 0 Å². The highest BCUT2D eigenvalue weighted by Crippen LogP contribution is 2.39. The summed E-state index contributed by atoms with van der Waals surface area (Å²) < 4.78 is 8.72. The lowest BCUT2D eigenvalue weighted by Crippen LogP contribution is -2.03. The van der Waals surface area contributed by atoms with Gasteiger partial charge in [0, 0.05) is 27.5 Å². The number of furan rings is 1. The van der Waals surface area contributed by atoms with E-state index in [-0.39, 0.29) is 0 Å². The Labute approximate surface area is 230 Å². The van der Waals surface area contributed by atoms with Crippen molar-refractivity contribution in [2.24, 2.45) is 0 Å². The minimum Gasteiger partial charge on any atom is -0.455 e. The first-order valence-electron chi connectivity index (χ1n) is 13.3. The molecule has 0 saturated carbocycles. The Morgan fingerprint density at radius 3 is 1.73 bits per heavy atom. The molecule has 0 aliphatic rings. The van der Waals surface area contributed by atoms with Crippen molar-refractivity contribution in [3.05, 3.63) is 140 Å². The van der Waals surface area contributed by atoms with Crippen molar-refractivity contribution in [3.8, 4) is 39.8 Å². The highest BCUT2D eigenvalue weighted by atomic mass is 16.3. The maximum Gasteiger partial charge on any atom is 0.235 e. The van der Waals surface area contributed by atoms with E-state index in [4.69, 9.17) is 14.4 Å². The molecule has 5 aromatic carbocycles. The standard InChI is InChI=1S/C36H23N3O/c1-4-12-24(13-5-1)29-23-30(25-14-6-2-7-15-25)38-36(37-29)39-31-19-11-10-18-28(31)34-32(39)21-20-27-22-33(40-35(27)34)26-16-8-3-9-17-26/h1-23H. The van der Waals surface area contributed by atoms with Gasteiger partial charge in [0.2, 0.25) is 5.95 Å². The molecule has 0 atom stereocenters. The van der Waals surface area contributed by atoms with Gasteiger partial charge in [-0.25, -0.2) is 9.97 Å². The van der Waals surface area contributed by atoms with Gasteiger partial charge in [-0.15, -0.1) is 0 Å². The summed E-state index contributed by atoms with van der Waals surface area (Å²) in [6.07, 6.45) is 0. The Bertz CT molecular complexity index is 2090. The topological polar surface area (TPSA) is 43.9 Å². The molecule has 40 heavy (non-hydrogen) atoms. The molecule has 3 heterocycles. The summed E-state index contributed by atoms with van der Waals surface area (Å²) in [6, 6.07) is 47.7. The van der Waals surface area contributed by atoms with E-state index in [2.05, 4.69) is 89.5 Å². The molecule has 0 aliphatic heterocycles. The second-order valence-electron chi connectivity index (χ2n) is 9.88. The van der Waals surface area contributed by atoms with Gasteiger partial charge in [0.15, 0.2) is 0 Å². The van der Waals surface area contributed by atoms with Crippen molar-refractivity contribution < 1.29 is 4.42 Å². The number of nitrogens with zero attached hydrogens (tertiary/aromatic N) is 3. The zero-order chi connectivity index (χ0) is 26.5. The Hall–Kier alpha value is -5.48. The molecule has 4 nitrogen and oxygen atoms in total. The summed E-state index contributed by atoms with van der Waals surface area (Å²) in [4.78, 5) is 10.3. The number of benzene rings is 5. The Morgan fingerprint density at radius 2 is 1.07 bits per heavy atom. The van der Waals surface area contributed by atoms with Gasteiger partial charge in [0.1, 0.15) is 11.3 Å². The molecule has 0 saturated heterocycles. The zero-order valence-corrected chi connectivity index (χ0v) is 21.5. The summed E-state index contributed by atoms with van der Waals surface area (Å²) in [7, 11) is 0. The van der Waals surface area contributed by atoms with Crippen molar-refractivity contribution in [2.45, 2.75) is 0 Å². The second kappa shape index (κ2) is 9.07. The molecule has 0 spiro atoms. The zero-order valence-electron chi connectivity index (χ0n) is 21.5. The average molecular weight is 514 g/mol. The van der Waals surface area contributed by atoms with Gasteiger partial charge in [0.25, 0.3) is 0 Å². The summed E-state index contributed by atoms with van der Waals surface area (Å²) in [5.41, 5.74) is 7.81. The van der Waals surface area contributed by atoms with Crippen LogP contribution in [0.15, 0.2) is 144 Å². The van der Waals surface area contributed by atoms with Crippen LogP contribution in [0.25, 0.3) is 72.6 Å². The van der Waals surface area contributed by atoms with Crippen molar-refractivity contribution in [1.29, 1.82) is 0 Å². The highest BCUT2D eigenvalue weighted by Gasteiger charge is 2.20. The molecular weight excluding hydrogens is 490 g/mol. The van der Waals surface area contributed by atoms with Crippen LogP contribution in [0.4, 0.5) is 0 Å². The fourth-order valence-electron chi connectivity index (χ4n) is 5.56. The van der Waals surface area contributed by atoms with Crippen LogP contribution in [0.5, 0.6) is 0 Å². The first-order valence-corrected chi connectivity index (χ1v) is 13.3. The molecule has 188 valence electrons. The van der Waals surface area contributed by atoms with E-state index in [0.717, 1.165) is 66.6 Å². The first kappa shape index (κ1) is 22.5. The predicted octanol–water partition coefficient (Wildman–Crippen LogP) is 9.32. The first-order chi connectivity index (χ1) is 19.8. The number of fused-ring (bicyclic) bond motifs is 5. The van der Waals surface area contributed by atoms with Crippen LogP contribution in [-0.4, -0.2) is 14.5 Å². The van der Waals surface area contributed by atoms with Gasteiger partial charge < -0.3 is 4.42 Å². The Kier molecular flexibility index (Phi) is 5.10. The second-order valence-corrected chi connectivity index (χ2v) is 9.88. The van der Waals surface area contributed by atoms with Crippen LogP contribution in [-0.2, 0) is 0 Å². The monoisotopic (exact) mass is 513 g/mol. The van der Waals surface area contributed by atoms with Crippen LogP contribution in [0.1, 0.15) is 0 Å². The largest absolute Gasteiger partial charge is 0.455 e. The minimum absolute atomic E-state index is 0.626. The number of hydrogen-bond donors (Lipinski definition) is 0. The van der Waals surface area contributed by atoms with Crippen molar-refractivity contribution in [1.82, 2.24) is 14.5 Å². The number of para-hydroxylation sites is 1. The number of hydrogen-bond acceptors (Lipinski definition) is 3. The average Bonchev–Trinajstić information content (AvgIpc) is 3.62. The Morgan fingerprint density at radius 1 is 0.500 bits per heavy atom. The van der Waals surface area contributed by atoms with Gasteiger partial charge in [-0.3, -0.25) is 4.57 Å². The Balaban J connectivity index is 1.43. The molecule has 0 bridgehead atoms.